The number of amides is 1. The standard InChI is InChI=1S/C27H24N2O3S/c1-18-8-10-19(11-9-18)23(30)16-17-24(31)28-27-29-25(20-6-4-3-5-7-20)26(33-27)21-12-14-22(32-2)15-13-21/h3-15H,16-17H2,1-2H3,(H,28,29,31). The molecule has 1 aromatic heterocycles. The van der Waals surface area contributed by atoms with Crippen molar-refractivity contribution in [1.29, 1.82) is 0 Å². The van der Waals surface area contributed by atoms with Crippen molar-refractivity contribution in [1.82, 2.24) is 4.98 Å². The van der Waals surface area contributed by atoms with Gasteiger partial charge in [-0.2, -0.15) is 0 Å². The first-order valence-electron chi connectivity index (χ1n) is 10.6. The lowest BCUT2D eigenvalue weighted by molar-refractivity contribution is -0.116. The number of methoxy groups -OCH3 is 1. The zero-order chi connectivity index (χ0) is 23.2. The first kappa shape index (κ1) is 22.4. The number of ether oxygens (including phenoxy) is 1. The molecule has 4 aromatic rings. The Balaban J connectivity index is 1.51. The minimum Gasteiger partial charge on any atom is -0.497 e. The van der Waals surface area contributed by atoms with E-state index in [-0.39, 0.29) is 24.5 Å². The van der Waals surface area contributed by atoms with E-state index in [0.29, 0.717) is 10.7 Å². The van der Waals surface area contributed by atoms with Crippen molar-refractivity contribution >= 4 is 28.2 Å². The molecule has 0 saturated heterocycles. The molecule has 0 saturated carbocycles. The number of nitrogens with zero attached hydrogens (tertiary/aromatic N) is 1. The molecule has 4 rings (SSSR count). The zero-order valence-electron chi connectivity index (χ0n) is 18.5. The van der Waals surface area contributed by atoms with Crippen LogP contribution in [0.2, 0.25) is 0 Å². The van der Waals surface area contributed by atoms with Gasteiger partial charge < -0.3 is 10.1 Å². The van der Waals surface area contributed by atoms with Crippen LogP contribution in [0.3, 0.4) is 0 Å². The lowest BCUT2D eigenvalue weighted by Gasteiger charge is -2.04. The number of carbonyl (C=O) groups is 2. The molecular formula is C27H24N2O3S. The molecule has 0 radical (unpaired) electrons. The number of hydrogen-bond donors (Lipinski definition) is 1. The van der Waals surface area contributed by atoms with E-state index in [4.69, 9.17) is 9.72 Å². The Morgan fingerprint density at radius 3 is 2.24 bits per heavy atom. The van der Waals surface area contributed by atoms with Crippen molar-refractivity contribution in [2.45, 2.75) is 19.8 Å². The van der Waals surface area contributed by atoms with Gasteiger partial charge in [-0.3, -0.25) is 9.59 Å². The number of Topliss-reactive ketones (excluding diaryl/α,β-unsaturated/α-hetero) is 1. The van der Waals surface area contributed by atoms with Gasteiger partial charge in [-0.25, -0.2) is 4.98 Å². The number of carbonyl (C=O) groups excluding carboxylic acids is 2. The molecule has 1 heterocycles. The van der Waals surface area contributed by atoms with Crippen LogP contribution in [-0.4, -0.2) is 23.8 Å². The number of benzene rings is 3. The Morgan fingerprint density at radius 1 is 0.879 bits per heavy atom. The number of aryl methyl sites for hydroxylation is 1. The van der Waals surface area contributed by atoms with Crippen LogP contribution < -0.4 is 10.1 Å². The van der Waals surface area contributed by atoms with Gasteiger partial charge in [0.1, 0.15) is 5.75 Å². The molecule has 166 valence electrons. The average molecular weight is 457 g/mol. The third kappa shape index (κ3) is 5.54. The maximum absolute atomic E-state index is 12.6. The van der Waals surface area contributed by atoms with E-state index in [1.54, 1.807) is 19.2 Å². The van der Waals surface area contributed by atoms with Crippen LogP contribution in [0.5, 0.6) is 5.75 Å². The van der Waals surface area contributed by atoms with Crippen LogP contribution in [0, 0.1) is 6.92 Å². The van der Waals surface area contributed by atoms with E-state index in [1.807, 2.05) is 73.7 Å². The van der Waals surface area contributed by atoms with Crippen LogP contribution in [0.1, 0.15) is 28.8 Å². The van der Waals surface area contributed by atoms with Gasteiger partial charge >= 0.3 is 0 Å². The number of rotatable bonds is 8. The molecule has 1 amide bonds. The molecule has 0 unspecified atom stereocenters. The summed E-state index contributed by atoms with van der Waals surface area (Å²) in [6.45, 7) is 1.97. The smallest absolute Gasteiger partial charge is 0.226 e. The maximum atomic E-state index is 12.6. The lowest BCUT2D eigenvalue weighted by Crippen LogP contribution is -2.13. The summed E-state index contributed by atoms with van der Waals surface area (Å²) >= 11 is 1.41. The van der Waals surface area contributed by atoms with Gasteiger partial charge in [-0.15, -0.1) is 0 Å². The van der Waals surface area contributed by atoms with Gasteiger partial charge in [-0.05, 0) is 36.8 Å². The second-order valence-corrected chi connectivity index (χ2v) is 8.63. The number of ketones is 1. The van der Waals surface area contributed by atoms with Gasteiger partial charge in [-0.1, -0.05) is 71.5 Å². The van der Waals surface area contributed by atoms with E-state index in [2.05, 4.69) is 5.32 Å². The highest BCUT2D eigenvalue weighted by Crippen LogP contribution is 2.39. The van der Waals surface area contributed by atoms with E-state index >= 15 is 0 Å². The Hall–Kier alpha value is -3.77. The molecule has 6 heteroatoms. The summed E-state index contributed by atoms with van der Waals surface area (Å²) in [5.41, 5.74) is 4.47. The summed E-state index contributed by atoms with van der Waals surface area (Å²) in [4.78, 5) is 30.6. The Labute approximate surface area is 197 Å². The Bertz CT molecular complexity index is 1250. The SMILES string of the molecule is COc1ccc(-c2sc(NC(=O)CCC(=O)c3ccc(C)cc3)nc2-c2ccccc2)cc1. The van der Waals surface area contributed by atoms with Crippen molar-refractivity contribution in [3.63, 3.8) is 0 Å². The molecule has 5 nitrogen and oxygen atoms in total. The number of nitrogens with one attached hydrogen (secondary N) is 1. The molecule has 0 aliphatic heterocycles. The van der Waals surface area contributed by atoms with Gasteiger partial charge in [0, 0.05) is 24.0 Å². The Kier molecular flexibility index (Phi) is 6.95. The minimum atomic E-state index is -0.231. The molecule has 0 spiro atoms. The third-order valence-electron chi connectivity index (χ3n) is 5.23. The Morgan fingerprint density at radius 2 is 1.58 bits per heavy atom. The fourth-order valence-electron chi connectivity index (χ4n) is 3.40. The van der Waals surface area contributed by atoms with Crippen molar-refractivity contribution < 1.29 is 14.3 Å². The monoisotopic (exact) mass is 456 g/mol. The summed E-state index contributed by atoms with van der Waals surface area (Å²) in [5.74, 6) is 0.495. The lowest BCUT2D eigenvalue weighted by atomic mass is 10.1. The van der Waals surface area contributed by atoms with Crippen LogP contribution in [0.15, 0.2) is 78.9 Å². The first-order chi connectivity index (χ1) is 16.0. The third-order valence-corrected chi connectivity index (χ3v) is 6.25. The highest BCUT2D eigenvalue weighted by atomic mass is 32.1. The molecule has 0 fully saturated rings. The van der Waals surface area contributed by atoms with E-state index in [1.165, 1.54) is 11.3 Å². The maximum Gasteiger partial charge on any atom is 0.226 e. The van der Waals surface area contributed by atoms with E-state index in [9.17, 15) is 9.59 Å². The van der Waals surface area contributed by atoms with Gasteiger partial charge in [0.15, 0.2) is 10.9 Å². The summed E-state index contributed by atoms with van der Waals surface area (Å²) < 4.78 is 5.26. The van der Waals surface area contributed by atoms with Crippen LogP contribution >= 0.6 is 11.3 Å². The van der Waals surface area contributed by atoms with E-state index < -0.39 is 0 Å². The summed E-state index contributed by atoms with van der Waals surface area (Å²) in [5, 5.41) is 3.38. The second kappa shape index (κ2) is 10.2. The molecule has 3 aromatic carbocycles. The minimum absolute atomic E-state index is 0.0480. The van der Waals surface area contributed by atoms with Crippen LogP contribution in [0.4, 0.5) is 5.13 Å². The van der Waals surface area contributed by atoms with Gasteiger partial charge in [0.25, 0.3) is 0 Å². The predicted molar refractivity (Wildman–Crippen MR) is 133 cm³/mol. The zero-order valence-corrected chi connectivity index (χ0v) is 19.3. The van der Waals surface area contributed by atoms with Crippen molar-refractivity contribution in [3.05, 3.63) is 90.0 Å². The quantitative estimate of drug-likeness (QED) is 0.312. The van der Waals surface area contributed by atoms with Gasteiger partial charge in [0.05, 0.1) is 17.7 Å². The fraction of sp³-hybridized carbons (Fsp3) is 0.148. The fourth-order valence-corrected chi connectivity index (χ4v) is 4.41. The van der Waals surface area contributed by atoms with Crippen molar-refractivity contribution in [2.24, 2.45) is 0 Å². The van der Waals surface area contributed by atoms with Crippen molar-refractivity contribution in [3.8, 4) is 27.4 Å². The highest BCUT2D eigenvalue weighted by molar-refractivity contribution is 7.19. The average Bonchev–Trinajstić information content (AvgIpc) is 3.27. The molecule has 0 bridgehead atoms. The first-order valence-corrected chi connectivity index (χ1v) is 11.5. The number of thiazole rings is 1. The molecule has 0 atom stereocenters. The van der Waals surface area contributed by atoms with Crippen LogP contribution in [0.25, 0.3) is 21.7 Å². The summed E-state index contributed by atoms with van der Waals surface area (Å²) in [6, 6.07) is 25.0. The van der Waals surface area contributed by atoms with Crippen LogP contribution in [-0.2, 0) is 4.79 Å². The van der Waals surface area contributed by atoms with Gasteiger partial charge in [0.2, 0.25) is 5.91 Å². The second-order valence-electron chi connectivity index (χ2n) is 7.63. The summed E-state index contributed by atoms with van der Waals surface area (Å²) in [6.07, 6.45) is 0.252. The predicted octanol–water partition coefficient (Wildman–Crippen LogP) is 6.40. The molecule has 0 aliphatic rings. The van der Waals surface area contributed by atoms with Crippen molar-refractivity contribution in [2.75, 3.05) is 12.4 Å². The summed E-state index contributed by atoms with van der Waals surface area (Å²) in [7, 11) is 1.63. The largest absolute Gasteiger partial charge is 0.497 e. The van der Waals surface area contributed by atoms with E-state index in [0.717, 1.165) is 33.0 Å². The molecule has 0 aliphatic carbocycles. The number of anilines is 1. The molecular weight excluding hydrogens is 432 g/mol. The molecule has 33 heavy (non-hydrogen) atoms. The normalized spacial score (nSPS) is 10.6. The number of aromatic nitrogens is 1. The topological polar surface area (TPSA) is 68.3 Å². The number of hydrogen-bond acceptors (Lipinski definition) is 5. The molecule has 1 N–H and O–H groups in total. The highest BCUT2D eigenvalue weighted by Gasteiger charge is 2.17.